The Labute approximate surface area is 111 Å². The summed E-state index contributed by atoms with van der Waals surface area (Å²) in [6.45, 7) is 3.05. The molecule has 1 saturated heterocycles. The number of hydrogen-bond acceptors (Lipinski definition) is 2. The molecule has 0 radical (unpaired) electrons. The van der Waals surface area contributed by atoms with E-state index in [-0.39, 0.29) is 12.5 Å². The molecule has 0 amide bonds. The van der Waals surface area contributed by atoms with E-state index in [1.807, 2.05) is 0 Å². The first-order valence-corrected chi connectivity index (χ1v) is 6.76. The molecule has 2 nitrogen and oxygen atoms in total. The van der Waals surface area contributed by atoms with Crippen molar-refractivity contribution >= 4 is 0 Å². The molecule has 1 saturated carbocycles. The summed E-state index contributed by atoms with van der Waals surface area (Å²) in [7, 11) is 0. The molecule has 0 N–H and O–H groups in total. The molecule has 0 bridgehead atoms. The zero-order valence-electron chi connectivity index (χ0n) is 11.4. The van der Waals surface area contributed by atoms with Crippen LogP contribution in [0.5, 0.6) is 0 Å². The van der Waals surface area contributed by atoms with Gasteiger partial charge in [0.25, 0.3) is 11.8 Å². The number of halogens is 4. The van der Waals surface area contributed by atoms with Crippen molar-refractivity contribution in [3.63, 3.8) is 0 Å². The van der Waals surface area contributed by atoms with E-state index in [4.69, 9.17) is 4.74 Å². The van der Waals surface area contributed by atoms with Gasteiger partial charge in [-0.2, -0.15) is 0 Å². The molecule has 19 heavy (non-hydrogen) atoms. The molecule has 2 rings (SSSR count). The maximum Gasteiger partial charge on any atom is 0.283 e. The summed E-state index contributed by atoms with van der Waals surface area (Å²) < 4.78 is 58.5. The molecule has 0 atom stereocenters. The first kappa shape index (κ1) is 15.0. The SMILES string of the molecule is CC(C)OCC(F)(F)CN1CCC2(CC1)CC2(F)F. The highest BCUT2D eigenvalue weighted by Gasteiger charge is 2.70. The summed E-state index contributed by atoms with van der Waals surface area (Å²) in [4.78, 5) is 1.57. The van der Waals surface area contributed by atoms with Crippen LogP contribution in [0.3, 0.4) is 0 Å². The molecule has 1 aliphatic carbocycles. The van der Waals surface area contributed by atoms with E-state index in [1.165, 1.54) is 0 Å². The van der Waals surface area contributed by atoms with E-state index < -0.39 is 30.4 Å². The van der Waals surface area contributed by atoms with Crippen LogP contribution in [0, 0.1) is 5.41 Å². The van der Waals surface area contributed by atoms with Gasteiger partial charge in [0.15, 0.2) is 0 Å². The van der Waals surface area contributed by atoms with Crippen molar-refractivity contribution in [1.29, 1.82) is 0 Å². The second kappa shape index (κ2) is 4.88. The van der Waals surface area contributed by atoms with Crippen molar-refractivity contribution in [3.8, 4) is 0 Å². The molecule has 1 aliphatic heterocycles. The maximum atomic E-state index is 13.6. The average molecular weight is 283 g/mol. The molecule has 0 unspecified atom stereocenters. The Bertz CT molecular complexity index is 325. The van der Waals surface area contributed by atoms with Gasteiger partial charge in [-0.1, -0.05) is 0 Å². The van der Waals surface area contributed by atoms with Crippen LogP contribution in [0.25, 0.3) is 0 Å². The average Bonchev–Trinajstić information content (AvgIpc) is 2.81. The number of alkyl halides is 4. The number of piperidine rings is 1. The van der Waals surface area contributed by atoms with Gasteiger partial charge in [0.2, 0.25) is 0 Å². The van der Waals surface area contributed by atoms with Gasteiger partial charge in [-0.05, 0) is 39.8 Å². The Hall–Kier alpha value is -0.360. The van der Waals surface area contributed by atoms with Crippen LogP contribution < -0.4 is 0 Å². The molecular formula is C13H21F4NO. The number of nitrogens with zero attached hydrogens (tertiary/aromatic N) is 1. The Kier molecular flexibility index (Phi) is 3.86. The molecule has 1 heterocycles. The Morgan fingerprint density at radius 2 is 1.74 bits per heavy atom. The standard InChI is InChI=1S/C13H21F4NO/c1-10(2)19-9-12(14,15)8-18-5-3-11(4-6-18)7-13(11,16)17/h10H,3-9H2,1-2H3. The van der Waals surface area contributed by atoms with Crippen molar-refractivity contribution in [2.75, 3.05) is 26.2 Å². The minimum Gasteiger partial charge on any atom is -0.372 e. The normalized spacial score (nSPS) is 26.1. The third-order valence-electron chi connectivity index (χ3n) is 4.11. The third-order valence-corrected chi connectivity index (χ3v) is 4.11. The summed E-state index contributed by atoms with van der Waals surface area (Å²) in [5.41, 5.74) is -0.882. The molecule has 1 spiro atoms. The van der Waals surface area contributed by atoms with Crippen molar-refractivity contribution in [3.05, 3.63) is 0 Å². The predicted octanol–water partition coefficient (Wildman–Crippen LogP) is 3.17. The van der Waals surface area contributed by atoms with Gasteiger partial charge in [-0.25, -0.2) is 17.6 Å². The fourth-order valence-corrected chi connectivity index (χ4v) is 2.72. The summed E-state index contributed by atoms with van der Waals surface area (Å²) in [5.74, 6) is -5.48. The second-order valence-electron chi connectivity index (χ2n) is 6.15. The predicted molar refractivity (Wildman–Crippen MR) is 63.7 cm³/mol. The molecule has 2 fully saturated rings. The quantitative estimate of drug-likeness (QED) is 0.719. The van der Waals surface area contributed by atoms with E-state index >= 15 is 0 Å². The van der Waals surface area contributed by atoms with Crippen LogP contribution in [0.1, 0.15) is 33.1 Å². The van der Waals surface area contributed by atoms with Crippen molar-refractivity contribution in [2.45, 2.75) is 51.1 Å². The molecule has 0 aromatic heterocycles. The van der Waals surface area contributed by atoms with Crippen molar-refractivity contribution in [2.24, 2.45) is 5.41 Å². The third kappa shape index (κ3) is 3.40. The first-order chi connectivity index (χ1) is 8.66. The minimum atomic E-state index is -2.92. The van der Waals surface area contributed by atoms with Gasteiger partial charge in [-0.3, -0.25) is 4.90 Å². The van der Waals surface area contributed by atoms with E-state index in [1.54, 1.807) is 18.7 Å². The van der Waals surface area contributed by atoms with Crippen molar-refractivity contribution in [1.82, 2.24) is 4.90 Å². The number of hydrogen-bond donors (Lipinski definition) is 0. The van der Waals surface area contributed by atoms with Crippen LogP contribution in [-0.4, -0.2) is 49.1 Å². The Morgan fingerprint density at radius 1 is 1.21 bits per heavy atom. The molecule has 2 aliphatic rings. The van der Waals surface area contributed by atoms with E-state index in [2.05, 4.69) is 0 Å². The van der Waals surface area contributed by atoms with Gasteiger partial charge >= 0.3 is 0 Å². The van der Waals surface area contributed by atoms with Gasteiger partial charge in [0, 0.05) is 11.8 Å². The van der Waals surface area contributed by atoms with Crippen LogP contribution in [0.4, 0.5) is 17.6 Å². The lowest BCUT2D eigenvalue weighted by molar-refractivity contribution is -0.112. The summed E-state index contributed by atoms with van der Waals surface area (Å²) in [6.07, 6.45) is 0.337. The van der Waals surface area contributed by atoms with Gasteiger partial charge in [-0.15, -0.1) is 0 Å². The first-order valence-electron chi connectivity index (χ1n) is 6.76. The zero-order chi connectivity index (χ0) is 14.3. The molecule has 0 aromatic rings. The van der Waals surface area contributed by atoms with Gasteiger partial charge in [0.05, 0.1) is 12.6 Å². The summed E-state index contributed by atoms with van der Waals surface area (Å²) in [6, 6.07) is 0. The smallest absolute Gasteiger partial charge is 0.283 e. The maximum absolute atomic E-state index is 13.6. The number of likely N-dealkylation sites (tertiary alicyclic amines) is 1. The Balaban J connectivity index is 1.76. The fraction of sp³-hybridized carbons (Fsp3) is 1.00. The molecule has 112 valence electrons. The highest BCUT2D eigenvalue weighted by molar-refractivity contribution is 5.11. The monoisotopic (exact) mass is 283 g/mol. The van der Waals surface area contributed by atoms with E-state index in [0.717, 1.165) is 0 Å². The second-order valence-corrected chi connectivity index (χ2v) is 6.15. The number of ether oxygens (including phenoxy) is 1. The van der Waals surface area contributed by atoms with Gasteiger partial charge < -0.3 is 4.74 Å². The molecule has 6 heteroatoms. The van der Waals surface area contributed by atoms with Crippen LogP contribution >= 0.6 is 0 Å². The number of rotatable bonds is 5. The Morgan fingerprint density at radius 3 is 2.16 bits per heavy atom. The highest BCUT2D eigenvalue weighted by atomic mass is 19.3. The minimum absolute atomic E-state index is 0.0688. The lowest BCUT2D eigenvalue weighted by Crippen LogP contribution is -2.45. The topological polar surface area (TPSA) is 12.5 Å². The zero-order valence-corrected chi connectivity index (χ0v) is 11.4. The van der Waals surface area contributed by atoms with E-state index in [9.17, 15) is 17.6 Å². The van der Waals surface area contributed by atoms with Crippen LogP contribution in [0.15, 0.2) is 0 Å². The largest absolute Gasteiger partial charge is 0.372 e. The lowest BCUT2D eigenvalue weighted by Gasteiger charge is -2.34. The fourth-order valence-electron chi connectivity index (χ4n) is 2.72. The highest BCUT2D eigenvalue weighted by Crippen LogP contribution is 2.65. The molecular weight excluding hydrogens is 262 g/mol. The van der Waals surface area contributed by atoms with Crippen LogP contribution in [0.2, 0.25) is 0 Å². The van der Waals surface area contributed by atoms with Crippen molar-refractivity contribution < 1.29 is 22.3 Å². The summed E-state index contributed by atoms with van der Waals surface area (Å²) in [5, 5.41) is 0. The lowest BCUT2D eigenvalue weighted by atomic mass is 9.92. The summed E-state index contributed by atoms with van der Waals surface area (Å²) >= 11 is 0. The van der Waals surface area contributed by atoms with Crippen LogP contribution in [-0.2, 0) is 4.74 Å². The van der Waals surface area contributed by atoms with E-state index in [0.29, 0.717) is 25.9 Å². The molecule has 0 aromatic carbocycles. The van der Waals surface area contributed by atoms with Gasteiger partial charge in [0.1, 0.15) is 6.61 Å².